The van der Waals surface area contributed by atoms with Crippen molar-refractivity contribution in [3.05, 3.63) is 41.0 Å². The Morgan fingerprint density at radius 1 is 1.27 bits per heavy atom. The van der Waals surface area contributed by atoms with Gasteiger partial charge in [0.1, 0.15) is 5.82 Å². The van der Waals surface area contributed by atoms with Crippen molar-refractivity contribution in [3.63, 3.8) is 0 Å². The number of amides is 3. The minimum atomic E-state index is -0.330. The van der Waals surface area contributed by atoms with Gasteiger partial charge in [-0.3, -0.25) is 4.79 Å². The van der Waals surface area contributed by atoms with E-state index in [2.05, 4.69) is 26.1 Å². The number of hydrogen-bond acceptors (Lipinski definition) is 4. The second kappa shape index (κ2) is 6.78. The highest BCUT2D eigenvalue weighted by molar-refractivity contribution is 5.97. The number of urea groups is 1. The number of fused-ring (bicyclic) bond motifs is 1. The molecule has 26 heavy (non-hydrogen) atoms. The van der Waals surface area contributed by atoms with E-state index < -0.39 is 0 Å². The lowest BCUT2D eigenvalue weighted by atomic mass is 10.1. The molecule has 1 aliphatic heterocycles. The lowest BCUT2D eigenvalue weighted by Crippen LogP contribution is -2.30. The van der Waals surface area contributed by atoms with Crippen LogP contribution in [-0.2, 0) is 19.5 Å². The van der Waals surface area contributed by atoms with Crippen molar-refractivity contribution in [1.82, 2.24) is 25.4 Å². The van der Waals surface area contributed by atoms with Gasteiger partial charge in [0.15, 0.2) is 5.82 Å². The van der Waals surface area contributed by atoms with Crippen LogP contribution >= 0.6 is 0 Å². The highest BCUT2D eigenvalue weighted by Crippen LogP contribution is 2.21. The van der Waals surface area contributed by atoms with Crippen molar-refractivity contribution in [1.29, 1.82) is 0 Å². The van der Waals surface area contributed by atoms with E-state index in [1.807, 2.05) is 17.6 Å². The van der Waals surface area contributed by atoms with Crippen molar-refractivity contribution in [2.45, 2.75) is 51.7 Å². The van der Waals surface area contributed by atoms with Crippen molar-refractivity contribution in [2.24, 2.45) is 0 Å². The van der Waals surface area contributed by atoms with Crippen LogP contribution in [0.15, 0.2) is 18.2 Å². The molecule has 3 amide bonds. The Balaban J connectivity index is 1.37. The molecule has 8 heteroatoms. The number of anilines is 1. The van der Waals surface area contributed by atoms with Crippen LogP contribution in [0.4, 0.5) is 10.5 Å². The average Bonchev–Trinajstić information content (AvgIpc) is 3.16. The maximum absolute atomic E-state index is 12.2. The maximum Gasteiger partial charge on any atom is 0.319 e. The van der Waals surface area contributed by atoms with Crippen LogP contribution in [-0.4, -0.2) is 32.7 Å². The zero-order chi connectivity index (χ0) is 18.1. The lowest BCUT2D eigenvalue weighted by Gasteiger charge is -2.12. The Kier molecular flexibility index (Phi) is 4.32. The SMILES string of the molecule is Cc1ccc(C(=O)NC2CC2)cc1NC(=O)NCc1nnc2n1CCC2. The fourth-order valence-electron chi connectivity index (χ4n) is 3.06. The summed E-state index contributed by atoms with van der Waals surface area (Å²) in [5.41, 5.74) is 2.07. The predicted octanol–water partition coefficient (Wildman–Crippen LogP) is 1.75. The fraction of sp³-hybridized carbons (Fsp3) is 0.444. The number of hydrogen-bond donors (Lipinski definition) is 3. The standard InChI is InChI=1S/C18H22N6O2/c1-11-4-5-12(17(25)20-13-6-7-13)9-14(11)21-18(26)19-10-16-23-22-15-3-2-8-24(15)16/h4-5,9,13H,2-3,6-8,10H2,1H3,(H,20,25)(H2,19,21,26). The Bertz CT molecular complexity index is 855. The van der Waals surface area contributed by atoms with E-state index in [-0.39, 0.29) is 11.9 Å². The molecule has 2 aliphatic rings. The Morgan fingerprint density at radius 3 is 2.92 bits per heavy atom. The van der Waals surface area contributed by atoms with Gasteiger partial charge < -0.3 is 20.5 Å². The molecule has 0 unspecified atom stereocenters. The Hall–Kier alpha value is -2.90. The normalized spacial score (nSPS) is 15.4. The number of carbonyl (C=O) groups is 2. The molecule has 3 N–H and O–H groups in total. The fourth-order valence-corrected chi connectivity index (χ4v) is 3.06. The number of carbonyl (C=O) groups excluding carboxylic acids is 2. The highest BCUT2D eigenvalue weighted by atomic mass is 16.2. The zero-order valence-corrected chi connectivity index (χ0v) is 14.7. The van der Waals surface area contributed by atoms with Gasteiger partial charge >= 0.3 is 6.03 Å². The molecule has 0 bridgehead atoms. The first-order valence-corrected chi connectivity index (χ1v) is 8.97. The van der Waals surface area contributed by atoms with E-state index in [1.54, 1.807) is 12.1 Å². The van der Waals surface area contributed by atoms with Crippen LogP contribution in [0.2, 0.25) is 0 Å². The number of aromatic nitrogens is 3. The number of aryl methyl sites for hydroxylation is 2. The van der Waals surface area contributed by atoms with E-state index in [9.17, 15) is 9.59 Å². The first-order valence-electron chi connectivity index (χ1n) is 8.97. The minimum Gasteiger partial charge on any atom is -0.349 e. The molecule has 2 heterocycles. The largest absolute Gasteiger partial charge is 0.349 e. The van der Waals surface area contributed by atoms with Crippen LogP contribution in [0, 0.1) is 6.92 Å². The van der Waals surface area contributed by atoms with E-state index in [0.717, 1.165) is 49.4 Å². The third-order valence-corrected chi connectivity index (χ3v) is 4.75. The second-order valence-corrected chi connectivity index (χ2v) is 6.87. The highest BCUT2D eigenvalue weighted by Gasteiger charge is 2.24. The molecule has 1 saturated carbocycles. The lowest BCUT2D eigenvalue weighted by molar-refractivity contribution is 0.0951. The quantitative estimate of drug-likeness (QED) is 0.761. The van der Waals surface area contributed by atoms with Crippen LogP contribution in [0.5, 0.6) is 0 Å². The monoisotopic (exact) mass is 354 g/mol. The summed E-state index contributed by atoms with van der Waals surface area (Å²) >= 11 is 0. The zero-order valence-electron chi connectivity index (χ0n) is 14.7. The molecule has 1 aromatic carbocycles. The summed E-state index contributed by atoms with van der Waals surface area (Å²) in [5, 5.41) is 16.8. The van der Waals surface area contributed by atoms with Gasteiger partial charge in [-0.1, -0.05) is 6.07 Å². The van der Waals surface area contributed by atoms with Crippen LogP contribution in [0.1, 0.15) is 46.8 Å². The summed E-state index contributed by atoms with van der Waals surface area (Å²) in [6.45, 7) is 3.11. The van der Waals surface area contributed by atoms with Gasteiger partial charge in [0, 0.05) is 30.3 Å². The van der Waals surface area contributed by atoms with Crippen molar-refractivity contribution < 1.29 is 9.59 Å². The molecule has 0 saturated heterocycles. The van der Waals surface area contributed by atoms with Crippen molar-refractivity contribution in [3.8, 4) is 0 Å². The van der Waals surface area contributed by atoms with Crippen LogP contribution < -0.4 is 16.0 Å². The summed E-state index contributed by atoms with van der Waals surface area (Å²) in [7, 11) is 0. The van der Waals surface area contributed by atoms with Crippen molar-refractivity contribution >= 4 is 17.6 Å². The summed E-state index contributed by atoms with van der Waals surface area (Å²) in [6.07, 6.45) is 4.09. The third-order valence-electron chi connectivity index (χ3n) is 4.75. The summed E-state index contributed by atoms with van der Waals surface area (Å²) in [6, 6.07) is 5.29. The average molecular weight is 354 g/mol. The molecule has 0 radical (unpaired) electrons. The van der Waals surface area contributed by atoms with Crippen LogP contribution in [0.3, 0.4) is 0 Å². The van der Waals surface area contributed by atoms with Gasteiger partial charge in [-0.05, 0) is 43.9 Å². The Labute approximate surface area is 151 Å². The number of rotatable bonds is 5. The molecule has 0 spiro atoms. The van der Waals surface area contributed by atoms with Gasteiger partial charge in [0.05, 0.1) is 6.54 Å². The molecular weight excluding hydrogens is 332 g/mol. The number of nitrogens with zero attached hydrogens (tertiary/aromatic N) is 3. The smallest absolute Gasteiger partial charge is 0.319 e. The number of nitrogens with one attached hydrogen (secondary N) is 3. The van der Waals surface area contributed by atoms with Gasteiger partial charge in [-0.25, -0.2) is 4.79 Å². The van der Waals surface area contributed by atoms with Crippen LogP contribution in [0.25, 0.3) is 0 Å². The molecule has 1 aliphatic carbocycles. The van der Waals surface area contributed by atoms with E-state index in [0.29, 0.717) is 23.8 Å². The van der Waals surface area contributed by atoms with E-state index in [1.165, 1.54) is 0 Å². The van der Waals surface area contributed by atoms with E-state index >= 15 is 0 Å². The topological polar surface area (TPSA) is 101 Å². The van der Waals surface area contributed by atoms with Crippen molar-refractivity contribution in [2.75, 3.05) is 5.32 Å². The molecule has 8 nitrogen and oxygen atoms in total. The van der Waals surface area contributed by atoms with Gasteiger partial charge in [-0.2, -0.15) is 0 Å². The third kappa shape index (κ3) is 3.54. The Morgan fingerprint density at radius 2 is 2.12 bits per heavy atom. The molecular formula is C18H22N6O2. The molecule has 136 valence electrons. The van der Waals surface area contributed by atoms with Gasteiger partial charge in [0.25, 0.3) is 5.91 Å². The number of benzene rings is 1. The van der Waals surface area contributed by atoms with Gasteiger partial charge in [0.2, 0.25) is 0 Å². The van der Waals surface area contributed by atoms with Gasteiger partial charge in [-0.15, -0.1) is 10.2 Å². The molecule has 1 fully saturated rings. The summed E-state index contributed by atoms with van der Waals surface area (Å²) in [5.74, 6) is 1.64. The van der Waals surface area contributed by atoms with E-state index in [4.69, 9.17) is 0 Å². The summed E-state index contributed by atoms with van der Waals surface area (Å²) < 4.78 is 2.05. The first-order chi connectivity index (χ1) is 12.6. The summed E-state index contributed by atoms with van der Waals surface area (Å²) in [4.78, 5) is 24.4. The maximum atomic E-state index is 12.2. The molecule has 2 aromatic rings. The minimum absolute atomic E-state index is 0.102. The molecule has 0 atom stereocenters. The molecule has 1 aromatic heterocycles. The second-order valence-electron chi connectivity index (χ2n) is 6.87. The predicted molar refractivity (Wildman–Crippen MR) is 95.9 cm³/mol. The molecule has 4 rings (SSSR count). The first kappa shape index (κ1) is 16.6.